The molecule has 232 valence electrons. The Morgan fingerprint density at radius 2 is 1.89 bits per heavy atom. The Balaban J connectivity index is 1.56. The third kappa shape index (κ3) is 6.92. The number of hydrogen-bond donors (Lipinski definition) is 0. The number of carbonyl (C=O) groups is 1. The van der Waals surface area contributed by atoms with Gasteiger partial charge in [-0.2, -0.15) is 14.9 Å². The molecule has 5 rings (SSSR count). The Bertz CT molecular complexity index is 1760. The first-order valence-electron chi connectivity index (χ1n) is 15.1. The van der Waals surface area contributed by atoms with Gasteiger partial charge in [0, 0.05) is 41.5 Å². The molecule has 0 spiro atoms. The number of hydrogen-bond acceptors (Lipinski definition) is 8. The maximum Gasteiger partial charge on any atom is 0.310 e. The number of rotatable bonds is 12. The van der Waals surface area contributed by atoms with Gasteiger partial charge < -0.3 is 19.1 Å². The van der Waals surface area contributed by atoms with E-state index in [1.54, 1.807) is 24.3 Å². The minimum atomic E-state index is -0.328. The number of ether oxygens (including phenoxy) is 3. The van der Waals surface area contributed by atoms with Crippen molar-refractivity contribution in [1.82, 2.24) is 14.6 Å². The zero-order valence-corrected chi connectivity index (χ0v) is 26.2. The number of aromatic nitrogens is 3. The Hall–Kier alpha value is -4.94. The van der Waals surface area contributed by atoms with Crippen LogP contribution in [0, 0.1) is 18.3 Å². The van der Waals surface area contributed by atoms with Crippen LogP contribution in [-0.2, 0) is 20.7 Å². The molecule has 2 aromatic heterocycles. The lowest BCUT2D eigenvalue weighted by Crippen LogP contribution is -2.45. The first kappa shape index (κ1) is 31.5. The van der Waals surface area contributed by atoms with Crippen LogP contribution in [0.1, 0.15) is 43.0 Å². The summed E-state index contributed by atoms with van der Waals surface area (Å²) in [6, 6.07) is 17.7. The zero-order chi connectivity index (χ0) is 32.0. The molecule has 0 bridgehead atoms. The van der Waals surface area contributed by atoms with Crippen molar-refractivity contribution in [3.05, 3.63) is 90.7 Å². The van der Waals surface area contributed by atoms with Gasteiger partial charge in [-0.15, -0.1) is 13.2 Å². The summed E-state index contributed by atoms with van der Waals surface area (Å²) in [5, 5.41) is 14.5. The molecule has 0 N–H and O–H groups in total. The van der Waals surface area contributed by atoms with Gasteiger partial charge in [0.1, 0.15) is 11.6 Å². The summed E-state index contributed by atoms with van der Waals surface area (Å²) in [6.07, 6.45) is 6.01. The van der Waals surface area contributed by atoms with Gasteiger partial charge in [0.05, 0.1) is 49.7 Å². The van der Waals surface area contributed by atoms with E-state index in [1.165, 1.54) is 7.11 Å². The number of benzene rings is 2. The van der Waals surface area contributed by atoms with Crippen molar-refractivity contribution in [2.75, 3.05) is 38.3 Å². The molecule has 45 heavy (non-hydrogen) atoms. The number of piperidine rings is 1. The third-order valence-electron chi connectivity index (χ3n) is 8.26. The van der Waals surface area contributed by atoms with Crippen molar-refractivity contribution in [1.29, 1.82) is 5.26 Å². The topological polar surface area (TPSA) is 102 Å². The first-order chi connectivity index (χ1) is 21.8. The zero-order valence-electron chi connectivity index (χ0n) is 26.2. The summed E-state index contributed by atoms with van der Waals surface area (Å²) < 4.78 is 19.0. The molecular formula is C36H39N5O4. The standard InChI is InChI=1S/C36H39N5O4/c1-6-8-19-44-32-20-26(24-37)12-13-29(32)27-10-9-11-28(21-27)31-23-33-38-25(3)30(22-34(42)43-5)35(41(33)39-31)40-16-14-36(4,15-17-40)45-18-7-2/h6-7,9-13,20-21,23H,1-2,8,14-19,22H2,3-5H3. The monoisotopic (exact) mass is 605 g/mol. The van der Waals surface area contributed by atoms with Gasteiger partial charge in [0.15, 0.2) is 5.65 Å². The van der Waals surface area contributed by atoms with Crippen molar-refractivity contribution in [3.8, 4) is 34.2 Å². The van der Waals surface area contributed by atoms with E-state index in [-0.39, 0.29) is 18.0 Å². The molecule has 0 unspecified atom stereocenters. The van der Waals surface area contributed by atoms with Crippen LogP contribution in [0.3, 0.4) is 0 Å². The number of nitrogens with zero attached hydrogens (tertiary/aromatic N) is 5. The number of esters is 1. The molecule has 4 aromatic rings. The number of aryl methyl sites for hydroxylation is 1. The van der Waals surface area contributed by atoms with E-state index in [0.717, 1.165) is 65.4 Å². The molecule has 0 aliphatic carbocycles. The molecule has 1 aliphatic heterocycles. The van der Waals surface area contributed by atoms with Gasteiger partial charge >= 0.3 is 5.97 Å². The highest BCUT2D eigenvalue weighted by molar-refractivity contribution is 5.79. The highest BCUT2D eigenvalue weighted by Crippen LogP contribution is 2.36. The fraction of sp³-hybridized carbons (Fsp3) is 0.333. The summed E-state index contributed by atoms with van der Waals surface area (Å²) in [5.74, 6) is 1.16. The Labute approximate surface area is 264 Å². The number of nitriles is 1. The smallest absolute Gasteiger partial charge is 0.310 e. The molecule has 0 saturated carbocycles. The van der Waals surface area contributed by atoms with Crippen LogP contribution in [-0.4, -0.2) is 59.6 Å². The molecule has 1 saturated heterocycles. The summed E-state index contributed by atoms with van der Waals surface area (Å²) in [6.45, 7) is 14.1. The largest absolute Gasteiger partial charge is 0.493 e. The quantitative estimate of drug-likeness (QED) is 0.103. The fourth-order valence-electron chi connectivity index (χ4n) is 5.67. The van der Waals surface area contributed by atoms with E-state index in [2.05, 4.69) is 37.1 Å². The molecule has 2 aromatic carbocycles. The SMILES string of the molecule is C=CCCOc1cc(C#N)ccc1-c1cccc(-c2cc3nc(C)c(CC(=O)OC)c(N4CCC(C)(OCC=C)CC4)n3n2)c1. The van der Waals surface area contributed by atoms with Gasteiger partial charge in [-0.25, -0.2) is 4.98 Å². The van der Waals surface area contributed by atoms with Crippen LogP contribution in [0.25, 0.3) is 28.0 Å². The van der Waals surface area contributed by atoms with Crippen LogP contribution in [0.15, 0.2) is 73.8 Å². The second-order valence-electron chi connectivity index (χ2n) is 11.4. The lowest BCUT2D eigenvalue weighted by Gasteiger charge is -2.40. The molecule has 0 radical (unpaired) electrons. The lowest BCUT2D eigenvalue weighted by atomic mass is 9.93. The molecule has 1 aliphatic rings. The molecule has 3 heterocycles. The summed E-state index contributed by atoms with van der Waals surface area (Å²) >= 11 is 0. The van der Waals surface area contributed by atoms with E-state index < -0.39 is 0 Å². The molecule has 9 nitrogen and oxygen atoms in total. The van der Waals surface area contributed by atoms with Crippen molar-refractivity contribution in [2.45, 2.75) is 45.1 Å². The molecule has 1 fully saturated rings. The normalized spacial score (nSPS) is 14.1. The van der Waals surface area contributed by atoms with Crippen LogP contribution in [0.2, 0.25) is 0 Å². The van der Waals surface area contributed by atoms with E-state index in [9.17, 15) is 10.1 Å². The van der Waals surface area contributed by atoms with E-state index in [1.807, 2.05) is 41.8 Å². The Kier molecular flexibility index (Phi) is 9.65. The number of methoxy groups -OCH3 is 1. The number of fused-ring (bicyclic) bond motifs is 1. The Morgan fingerprint density at radius 3 is 2.60 bits per heavy atom. The van der Waals surface area contributed by atoms with E-state index in [0.29, 0.717) is 36.6 Å². The van der Waals surface area contributed by atoms with Gasteiger partial charge in [0.25, 0.3) is 0 Å². The Morgan fingerprint density at radius 1 is 1.11 bits per heavy atom. The van der Waals surface area contributed by atoms with Crippen LogP contribution < -0.4 is 9.64 Å². The van der Waals surface area contributed by atoms with Crippen molar-refractivity contribution in [2.24, 2.45) is 0 Å². The summed E-state index contributed by atoms with van der Waals surface area (Å²) in [4.78, 5) is 19.6. The molecular weight excluding hydrogens is 566 g/mol. The first-order valence-corrected chi connectivity index (χ1v) is 15.1. The van der Waals surface area contributed by atoms with Gasteiger partial charge in [-0.1, -0.05) is 30.4 Å². The lowest BCUT2D eigenvalue weighted by molar-refractivity contribution is -0.139. The van der Waals surface area contributed by atoms with Crippen LogP contribution in [0.5, 0.6) is 5.75 Å². The van der Waals surface area contributed by atoms with Crippen molar-refractivity contribution in [3.63, 3.8) is 0 Å². The van der Waals surface area contributed by atoms with E-state index in [4.69, 9.17) is 24.3 Å². The predicted molar refractivity (Wildman–Crippen MR) is 175 cm³/mol. The van der Waals surface area contributed by atoms with Gasteiger partial charge in [-0.3, -0.25) is 4.79 Å². The summed E-state index contributed by atoms with van der Waals surface area (Å²) in [5.41, 5.74) is 6.02. The second kappa shape index (κ2) is 13.8. The third-order valence-corrected chi connectivity index (χ3v) is 8.26. The highest BCUT2D eigenvalue weighted by atomic mass is 16.5. The fourth-order valence-corrected chi connectivity index (χ4v) is 5.67. The van der Waals surface area contributed by atoms with Crippen molar-refractivity contribution >= 4 is 17.4 Å². The summed E-state index contributed by atoms with van der Waals surface area (Å²) in [7, 11) is 1.40. The predicted octanol–water partition coefficient (Wildman–Crippen LogP) is 6.48. The maximum atomic E-state index is 12.5. The minimum Gasteiger partial charge on any atom is -0.493 e. The van der Waals surface area contributed by atoms with E-state index >= 15 is 0 Å². The number of carbonyl (C=O) groups excluding carboxylic acids is 1. The molecule has 9 heteroatoms. The van der Waals surface area contributed by atoms with Crippen molar-refractivity contribution < 1.29 is 19.0 Å². The molecule has 0 atom stereocenters. The van der Waals surface area contributed by atoms with Crippen LogP contribution in [0.4, 0.5) is 5.82 Å². The second-order valence-corrected chi connectivity index (χ2v) is 11.4. The maximum absolute atomic E-state index is 12.5. The minimum absolute atomic E-state index is 0.0966. The van der Waals surface area contributed by atoms with Crippen LogP contribution >= 0.6 is 0 Å². The van der Waals surface area contributed by atoms with Gasteiger partial charge in [0.2, 0.25) is 0 Å². The van der Waals surface area contributed by atoms with Gasteiger partial charge in [-0.05, 0) is 62.9 Å². The average molecular weight is 606 g/mol. The number of anilines is 1. The average Bonchev–Trinajstić information content (AvgIpc) is 3.48. The highest BCUT2D eigenvalue weighted by Gasteiger charge is 2.33. The molecule has 0 amide bonds.